The number of hydrogen-bond acceptors (Lipinski definition) is 30. The predicted molar refractivity (Wildman–Crippen MR) is 436 cm³/mol. The molecule has 33 heteroatoms. The number of nitrogens with zero attached hydrogens (tertiary/aromatic N) is 2. The maximum atomic E-state index is 14.6. The number of ether oxygens (including phenoxy) is 14. The van der Waals surface area contributed by atoms with Crippen LogP contribution in [0.2, 0.25) is 0 Å². The van der Waals surface area contributed by atoms with E-state index < -0.39 is 164 Å². The number of carbonyl (C=O) groups is 16. The van der Waals surface area contributed by atoms with E-state index in [0.717, 1.165) is 82.6 Å². The molecule has 32 nitrogen and oxygen atoms in total. The Bertz CT molecular complexity index is 3880. The Morgan fingerprint density at radius 3 is 0.705 bits per heavy atom. The molecule has 18 atom stereocenters. The number of esters is 12. The first kappa shape index (κ1) is 109. The first-order valence-corrected chi connectivity index (χ1v) is 41.2. The maximum Gasteiger partial charge on any atom is 1.00 e. The Morgan fingerprint density at radius 1 is 0.311 bits per heavy atom. The first-order chi connectivity index (χ1) is 56.3. The normalized spacial score (nSPS) is 23.6. The molecule has 4 amide bonds. The van der Waals surface area contributed by atoms with Gasteiger partial charge in [0.2, 0.25) is 23.6 Å². The molecule has 4 fully saturated rings. The summed E-state index contributed by atoms with van der Waals surface area (Å²) in [4.78, 5) is 218. The van der Waals surface area contributed by atoms with E-state index >= 15 is 0 Å². The summed E-state index contributed by atoms with van der Waals surface area (Å²) >= 11 is 0. The van der Waals surface area contributed by atoms with Crippen molar-refractivity contribution in [2.45, 2.75) is 243 Å². The summed E-state index contributed by atoms with van der Waals surface area (Å²) in [5.74, 6) is -11.2. The van der Waals surface area contributed by atoms with Crippen LogP contribution in [0, 0.1) is 77.8 Å². The molecule has 0 aromatic heterocycles. The molecule has 18 unspecified atom stereocenters. The molecule has 4 bridgehead atoms. The second-order valence-electron chi connectivity index (χ2n) is 36.1. The topological polar surface area (TPSA) is 409 Å². The zero-order valence-electron chi connectivity index (χ0n) is 77.7. The quantitative estimate of drug-likeness (QED) is 0.0109. The van der Waals surface area contributed by atoms with Crippen LogP contribution in [0.25, 0.3) is 0 Å². The summed E-state index contributed by atoms with van der Waals surface area (Å²) in [6.45, 7) is 29.7. The zero-order valence-corrected chi connectivity index (χ0v) is 79.9. The average Bonchev–Trinajstić information content (AvgIpc) is 1.59. The first-order valence-electron chi connectivity index (χ1n) is 41.2. The number of methoxy groups -OCH3 is 10. The Labute approximate surface area is 762 Å². The predicted octanol–water partition coefficient (Wildman–Crippen LogP) is 7.44. The molecule has 0 saturated carbocycles. The summed E-state index contributed by atoms with van der Waals surface area (Å²) in [5, 5.41) is 0. The van der Waals surface area contributed by atoms with Crippen molar-refractivity contribution in [2.75, 3.05) is 97.4 Å². The maximum absolute atomic E-state index is 14.6. The van der Waals surface area contributed by atoms with Crippen LogP contribution in [0.3, 0.4) is 0 Å². The largest absolute Gasteiger partial charge is 1.00 e. The molecule has 6 aliphatic heterocycles. The third kappa shape index (κ3) is 25.4. The second-order valence-corrected chi connectivity index (χ2v) is 36.1. The third-order valence-corrected chi connectivity index (χ3v) is 25.1. The minimum absolute atomic E-state index is 0. The van der Waals surface area contributed by atoms with Crippen LogP contribution >= 0.6 is 0 Å². The van der Waals surface area contributed by atoms with E-state index in [9.17, 15) is 76.7 Å². The Morgan fingerprint density at radius 2 is 0.508 bits per heavy atom. The van der Waals surface area contributed by atoms with E-state index in [1.165, 1.54) is 79.4 Å². The van der Waals surface area contributed by atoms with Crippen LogP contribution in [0.4, 0.5) is 0 Å². The van der Waals surface area contributed by atoms with Gasteiger partial charge in [-0.3, -0.25) is 76.9 Å². The van der Waals surface area contributed by atoms with Crippen LogP contribution in [0.5, 0.6) is 0 Å². The Balaban J connectivity index is 0.00000128. The molecular formula is C89H135KN2O30. The molecule has 6 aliphatic rings. The SMILES string of the molecule is C=C(C)C(=O)OC.C=C(C)C(=O)OCCCCCCN1C(=O)C2C3C=CC(O3)C2C1=O.CCC(C)(CC(C)(CC(C)(CC(C)(CC(C)(CC(C)(CC(C)(CC(C)(CC(C)(CC(C)(CC)C(=O)OCCCCCCN1C(=O)C2C3C=CC(O3)C2C1=O)C(=O)OC)C(=O)OC)C(=O)OC)C(=O)OC)C(=O)OC)C(=O)OC)C(=O)OC)C(=O)OC)C(=O)OC.[H-].[K+]. The molecule has 6 heterocycles. The molecule has 0 aliphatic carbocycles. The van der Waals surface area contributed by atoms with Crippen LogP contribution < -0.4 is 51.4 Å². The van der Waals surface area contributed by atoms with Gasteiger partial charge in [-0.15, -0.1) is 0 Å². The number of imide groups is 2. The molecular weight excluding hydrogens is 1620 g/mol. The molecule has 122 heavy (non-hydrogen) atoms. The number of carbonyl (C=O) groups excluding carboxylic acids is 16. The zero-order chi connectivity index (χ0) is 92.2. The standard InChI is InChI=1S/C66H103NO23.C18H23NO5.C5H8O2.K.H/c1-22-57(3,47(70)80-13)32-59(5,48(71)81-14)34-61(7,50(73)83-16)36-63(9,52(75)85-18)38-65(11,54(77)87-20)40-66(12,55(78)88-21)39-64(10,53(76)86-19)37-62(8,51(74)84-17)35-60(6,49(72)82-15)33-58(4,23-2)56(79)89-31-27-25-24-26-30-67-45(68)43-41-28-29-42(90-41)44(43)46(67)69;1-11(2)18(22)23-10-6-4-3-5-9-19-16(20)14-12-7-8-13(24-12)15(14)17(19)21;1-4(2)5(6)7-3;;/h28-29,41-44H,22-27,30-40H2,1-21H3;7-8,12-15H,1,3-6,9-10H2,2H3;1H2,2-3H3;;/q;;;+1;-1. The van der Waals surface area contributed by atoms with E-state index in [-0.39, 0.29) is 170 Å². The molecule has 6 rings (SSSR count). The van der Waals surface area contributed by atoms with Gasteiger partial charge in [0.05, 0.1) is 187 Å². The van der Waals surface area contributed by atoms with Gasteiger partial charge < -0.3 is 67.7 Å². The summed E-state index contributed by atoms with van der Waals surface area (Å²) in [5.41, 5.74) is -16.3. The van der Waals surface area contributed by atoms with Crippen molar-refractivity contribution in [3.05, 3.63) is 48.6 Å². The average molecular weight is 1750 g/mol. The Kier molecular flexibility index (Phi) is 40.6. The van der Waals surface area contributed by atoms with Gasteiger partial charge in [0.1, 0.15) is 0 Å². The van der Waals surface area contributed by atoms with Crippen molar-refractivity contribution in [1.82, 2.24) is 9.80 Å². The smallest absolute Gasteiger partial charge is 1.00 e. The van der Waals surface area contributed by atoms with Gasteiger partial charge in [-0.1, -0.05) is 64.2 Å². The molecule has 0 N–H and O–H groups in total. The van der Waals surface area contributed by atoms with Crippen LogP contribution in [-0.2, 0) is 143 Å². The molecule has 4 saturated heterocycles. The van der Waals surface area contributed by atoms with Crippen LogP contribution in [0.15, 0.2) is 48.6 Å². The summed E-state index contributed by atoms with van der Waals surface area (Å²) in [6.07, 6.45) is 8.58. The van der Waals surface area contributed by atoms with Gasteiger partial charge >= 0.3 is 123 Å². The third-order valence-electron chi connectivity index (χ3n) is 25.1. The van der Waals surface area contributed by atoms with Crippen molar-refractivity contribution < 1.29 is 196 Å². The number of amides is 4. The van der Waals surface area contributed by atoms with E-state index in [2.05, 4.69) is 17.9 Å². The van der Waals surface area contributed by atoms with Gasteiger partial charge in [-0.2, -0.15) is 0 Å². The van der Waals surface area contributed by atoms with Crippen molar-refractivity contribution in [2.24, 2.45) is 77.8 Å². The number of hydrogen-bond donors (Lipinski definition) is 0. The van der Waals surface area contributed by atoms with Crippen molar-refractivity contribution in [1.29, 1.82) is 0 Å². The van der Waals surface area contributed by atoms with Crippen LogP contribution in [-0.4, -0.2) is 227 Å². The number of fused-ring (bicyclic) bond motifs is 10. The summed E-state index contributed by atoms with van der Waals surface area (Å²) < 4.78 is 74.7. The van der Waals surface area contributed by atoms with Crippen molar-refractivity contribution >= 4 is 95.3 Å². The summed E-state index contributed by atoms with van der Waals surface area (Å²) in [6, 6.07) is 0. The van der Waals surface area contributed by atoms with Gasteiger partial charge in [0.25, 0.3) is 0 Å². The van der Waals surface area contributed by atoms with Gasteiger partial charge in [-0.25, -0.2) is 9.59 Å². The minimum atomic E-state index is -1.93. The van der Waals surface area contributed by atoms with E-state index in [1.807, 2.05) is 24.3 Å². The van der Waals surface area contributed by atoms with Gasteiger partial charge in [0, 0.05) is 24.2 Å². The van der Waals surface area contributed by atoms with Crippen LogP contribution in [0.1, 0.15) is 220 Å². The molecule has 0 aromatic carbocycles. The fourth-order valence-corrected chi connectivity index (χ4v) is 19.7. The molecule has 0 radical (unpaired) electrons. The fourth-order valence-electron chi connectivity index (χ4n) is 19.7. The number of rotatable bonds is 46. The molecule has 682 valence electrons. The summed E-state index contributed by atoms with van der Waals surface area (Å²) in [7, 11) is 11.5. The fraction of sp³-hybridized carbons (Fsp3) is 0.730. The second kappa shape index (κ2) is 45.5. The van der Waals surface area contributed by atoms with E-state index in [0.29, 0.717) is 50.0 Å². The monoisotopic (exact) mass is 1750 g/mol. The van der Waals surface area contributed by atoms with Crippen molar-refractivity contribution in [3.63, 3.8) is 0 Å². The molecule has 0 spiro atoms. The number of unbranched alkanes of at least 4 members (excludes halogenated alkanes) is 6. The van der Waals surface area contributed by atoms with E-state index in [1.54, 1.807) is 41.5 Å². The van der Waals surface area contributed by atoms with Gasteiger partial charge in [0.15, 0.2) is 0 Å². The Hall–Kier alpha value is -7.56. The van der Waals surface area contributed by atoms with E-state index in [4.69, 9.17) is 61.6 Å². The molecule has 0 aromatic rings. The van der Waals surface area contributed by atoms with Gasteiger partial charge in [-0.05, 0) is 192 Å². The minimum Gasteiger partial charge on any atom is -1.00 e. The van der Waals surface area contributed by atoms with Crippen molar-refractivity contribution in [3.8, 4) is 0 Å². The number of likely N-dealkylation sites (tertiary alicyclic amines) is 2.